The lowest BCUT2D eigenvalue weighted by atomic mass is 10.0. The molecule has 0 radical (unpaired) electrons. The van der Waals surface area contributed by atoms with Gasteiger partial charge in [-0.05, 0) is 52.7 Å². The molecule has 0 saturated carbocycles. The molecule has 1 atom stereocenters. The average molecular weight is 347 g/mol. The van der Waals surface area contributed by atoms with Crippen molar-refractivity contribution < 1.29 is 8.81 Å². The van der Waals surface area contributed by atoms with Gasteiger partial charge in [0.2, 0.25) is 0 Å². The van der Waals surface area contributed by atoms with Crippen molar-refractivity contribution in [3.63, 3.8) is 0 Å². The summed E-state index contributed by atoms with van der Waals surface area (Å²) in [6.07, 6.45) is 0.964. The zero-order chi connectivity index (χ0) is 13.8. The van der Waals surface area contributed by atoms with E-state index in [0.29, 0.717) is 16.0 Å². The maximum Gasteiger partial charge on any atom is 0.169 e. The molecule has 0 bridgehead atoms. The Bertz CT molecular complexity index is 558. The summed E-state index contributed by atoms with van der Waals surface area (Å²) in [5, 5.41) is 3.45. The minimum Gasteiger partial charge on any atom is -0.452 e. The highest BCUT2D eigenvalue weighted by molar-refractivity contribution is 9.10. The Morgan fingerprint density at radius 1 is 1.37 bits per heavy atom. The van der Waals surface area contributed by atoms with Gasteiger partial charge in [0.25, 0.3) is 0 Å². The van der Waals surface area contributed by atoms with Crippen LogP contribution in [0.3, 0.4) is 0 Å². The van der Waals surface area contributed by atoms with Crippen molar-refractivity contribution in [2.24, 2.45) is 0 Å². The van der Waals surface area contributed by atoms with Crippen LogP contribution in [0.25, 0.3) is 0 Å². The van der Waals surface area contributed by atoms with Crippen LogP contribution in [0.1, 0.15) is 30.7 Å². The molecule has 5 heteroatoms. The lowest BCUT2D eigenvalue weighted by Crippen LogP contribution is -2.23. The van der Waals surface area contributed by atoms with Crippen LogP contribution in [0, 0.1) is 5.82 Å². The van der Waals surface area contributed by atoms with E-state index < -0.39 is 5.82 Å². The van der Waals surface area contributed by atoms with Crippen LogP contribution in [0.4, 0.5) is 4.39 Å². The highest BCUT2D eigenvalue weighted by Gasteiger charge is 2.21. The molecule has 1 unspecified atom stereocenters. The van der Waals surface area contributed by atoms with Crippen LogP contribution in [0.2, 0.25) is 5.02 Å². The number of halogens is 3. The first-order valence-electron chi connectivity index (χ1n) is 6.06. The maximum atomic E-state index is 13.6. The van der Waals surface area contributed by atoms with Crippen LogP contribution < -0.4 is 5.32 Å². The summed E-state index contributed by atoms with van der Waals surface area (Å²) in [6, 6.07) is 8.20. The van der Waals surface area contributed by atoms with Crippen molar-refractivity contribution in [1.82, 2.24) is 5.32 Å². The second kappa shape index (κ2) is 6.55. The number of nitrogens with one attached hydrogen (secondary N) is 1. The molecule has 0 aliphatic carbocycles. The molecule has 0 aliphatic heterocycles. The van der Waals surface area contributed by atoms with Gasteiger partial charge in [0.15, 0.2) is 4.67 Å². The fourth-order valence-corrected chi connectivity index (χ4v) is 2.43. The minimum absolute atomic E-state index is 0.128. The molecule has 1 heterocycles. The van der Waals surface area contributed by atoms with Crippen molar-refractivity contribution in [1.29, 1.82) is 0 Å². The Morgan fingerprint density at radius 3 is 2.79 bits per heavy atom. The second-order valence-corrected chi connectivity index (χ2v) is 5.33. The van der Waals surface area contributed by atoms with E-state index in [4.69, 9.17) is 16.0 Å². The van der Waals surface area contributed by atoms with E-state index >= 15 is 0 Å². The van der Waals surface area contributed by atoms with Crippen molar-refractivity contribution in [3.8, 4) is 0 Å². The summed E-state index contributed by atoms with van der Waals surface area (Å²) in [5.41, 5.74) is 0.678. The molecule has 2 aromatic rings. The Morgan fingerprint density at radius 2 is 2.16 bits per heavy atom. The van der Waals surface area contributed by atoms with Gasteiger partial charge in [0, 0.05) is 0 Å². The molecule has 0 amide bonds. The molecule has 0 saturated heterocycles. The first kappa shape index (κ1) is 14.6. The fraction of sp³-hybridized carbons (Fsp3) is 0.286. The predicted molar refractivity (Wildman–Crippen MR) is 78.0 cm³/mol. The normalized spacial score (nSPS) is 12.6. The zero-order valence-electron chi connectivity index (χ0n) is 10.4. The summed E-state index contributed by atoms with van der Waals surface area (Å²) >= 11 is 9.33. The Kier molecular flexibility index (Phi) is 5.02. The molecule has 0 fully saturated rings. The summed E-state index contributed by atoms with van der Waals surface area (Å²) in [7, 11) is 0. The minimum atomic E-state index is -0.423. The molecule has 1 aromatic heterocycles. The van der Waals surface area contributed by atoms with E-state index in [1.54, 1.807) is 12.1 Å². The molecular formula is C14H14BrClFNO. The zero-order valence-corrected chi connectivity index (χ0v) is 12.8. The van der Waals surface area contributed by atoms with Gasteiger partial charge < -0.3 is 9.73 Å². The fourth-order valence-electron chi connectivity index (χ4n) is 1.88. The van der Waals surface area contributed by atoms with E-state index in [2.05, 4.69) is 28.2 Å². The molecule has 0 aliphatic rings. The summed E-state index contributed by atoms with van der Waals surface area (Å²) < 4.78 is 19.8. The predicted octanol–water partition coefficient (Wildman–Crippen LogP) is 4.92. The SMILES string of the molecule is CCCNC(c1ccc(Br)o1)c1cccc(F)c1Cl. The molecule has 19 heavy (non-hydrogen) atoms. The van der Waals surface area contributed by atoms with Gasteiger partial charge in [-0.25, -0.2) is 4.39 Å². The standard InChI is InChI=1S/C14H14BrClFNO/c1-2-8-18-14(11-6-7-12(15)19-11)9-4-3-5-10(17)13(9)16/h3-7,14,18H,2,8H2,1H3. The number of hydrogen-bond acceptors (Lipinski definition) is 2. The lowest BCUT2D eigenvalue weighted by molar-refractivity contribution is 0.432. The van der Waals surface area contributed by atoms with Crippen molar-refractivity contribution in [2.75, 3.05) is 6.54 Å². The van der Waals surface area contributed by atoms with Gasteiger partial charge >= 0.3 is 0 Å². The molecule has 1 N–H and O–H groups in total. The van der Waals surface area contributed by atoms with Gasteiger partial charge in [0.1, 0.15) is 11.6 Å². The number of benzene rings is 1. The first-order chi connectivity index (χ1) is 9.13. The molecule has 2 rings (SSSR count). The van der Waals surface area contributed by atoms with Crippen molar-refractivity contribution in [3.05, 3.63) is 57.2 Å². The van der Waals surface area contributed by atoms with Crippen LogP contribution >= 0.6 is 27.5 Å². The van der Waals surface area contributed by atoms with Gasteiger partial charge in [-0.1, -0.05) is 30.7 Å². The third-order valence-electron chi connectivity index (χ3n) is 2.77. The number of hydrogen-bond donors (Lipinski definition) is 1. The van der Waals surface area contributed by atoms with E-state index in [1.165, 1.54) is 6.07 Å². The van der Waals surface area contributed by atoms with Crippen molar-refractivity contribution >= 4 is 27.5 Å². The number of furan rings is 1. The monoisotopic (exact) mass is 345 g/mol. The molecule has 102 valence electrons. The van der Waals surface area contributed by atoms with Crippen LogP contribution in [0.15, 0.2) is 39.4 Å². The third-order valence-corrected chi connectivity index (χ3v) is 3.59. The number of rotatable bonds is 5. The summed E-state index contributed by atoms with van der Waals surface area (Å²) in [5.74, 6) is 0.279. The largest absolute Gasteiger partial charge is 0.452 e. The molecule has 1 aromatic carbocycles. The average Bonchev–Trinajstić information content (AvgIpc) is 2.81. The quantitative estimate of drug-likeness (QED) is 0.831. The highest BCUT2D eigenvalue weighted by Crippen LogP contribution is 2.32. The highest BCUT2D eigenvalue weighted by atomic mass is 79.9. The second-order valence-electron chi connectivity index (χ2n) is 4.17. The molecule has 0 spiro atoms. The smallest absolute Gasteiger partial charge is 0.169 e. The van der Waals surface area contributed by atoms with E-state index in [0.717, 1.165) is 13.0 Å². The van der Waals surface area contributed by atoms with E-state index in [1.807, 2.05) is 12.1 Å². The van der Waals surface area contributed by atoms with Gasteiger partial charge in [-0.15, -0.1) is 0 Å². The van der Waals surface area contributed by atoms with Crippen LogP contribution in [0.5, 0.6) is 0 Å². The van der Waals surface area contributed by atoms with Crippen LogP contribution in [-0.2, 0) is 0 Å². The van der Waals surface area contributed by atoms with E-state index in [-0.39, 0.29) is 11.1 Å². The summed E-state index contributed by atoms with van der Waals surface area (Å²) in [6.45, 7) is 2.85. The Hall–Kier alpha value is -0.840. The van der Waals surface area contributed by atoms with E-state index in [9.17, 15) is 4.39 Å². The maximum absolute atomic E-state index is 13.6. The van der Waals surface area contributed by atoms with Crippen molar-refractivity contribution in [2.45, 2.75) is 19.4 Å². The summed E-state index contributed by atoms with van der Waals surface area (Å²) in [4.78, 5) is 0. The van der Waals surface area contributed by atoms with Gasteiger partial charge in [0.05, 0.1) is 11.1 Å². The van der Waals surface area contributed by atoms with Crippen LogP contribution in [-0.4, -0.2) is 6.54 Å². The molecule has 2 nitrogen and oxygen atoms in total. The molecular weight excluding hydrogens is 333 g/mol. The Balaban J connectivity index is 2.39. The Labute approximate surface area is 125 Å². The van der Waals surface area contributed by atoms with Gasteiger partial charge in [-0.3, -0.25) is 0 Å². The topological polar surface area (TPSA) is 25.2 Å². The van der Waals surface area contributed by atoms with Gasteiger partial charge in [-0.2, -0.15) is 0 Å². The third kappa shape index (κ3) is 3.38. The lowest BCUT2D eigenvalue weighted by Gasteiger charge is -2.18. The first-order valence-corrected chi connectivity index (χ1v) is 7.23.